The van der Waals surface area contributed by atoms with Crippen LogP contribution in [0.25, 0.3) is 0 Å². The van der Waals surface area contributed by atoms with Crippen molar-refractivity contribution in [2.24, 2.45) is 5.92 Å². The molecule has 1 atom stereocenters. The summed E-state index contributed by atoms with van der Waals surface area (Å²) in [6.07, 6.45) is 0. The van der Waals surface area contributed by atoms with Crippen LogP contribution in [0.1, 0.15) is 49.8 Å². The van der Waals surface area contributed by atoms with Crippen molar-refractivity contribution in [3.8, 4) is 0 Å². The number of aromatic nitrogens is 1. The average molecular weight is 296 g/mol. The van der Waals surface area contributed by atoms with Crippen LogP contribution < -0.4 is 0 Å². The van der Waals surface area contributed by atoms with Crippen molar-refractivity contribution in [1.82, 2.24) is 9.88 Å². The van der Waals surface area contributed by atoms with Gasteiger partial charge in [-0.25, -0.2) is 4.98 Å². The molecular weight excluding hydrogens is 272 g/mol. The minimum atomic E-state index is -0.534. The van der Waals surface area contributed by atoms with Gasteiger partial charge in [0.1, 0.15) is 11.4 Å². The number of esters is 1. The lowest BCUT2D eigenvalue weighted by Gasteiger charge is -2.24. The fourth-order valence-electron chi connectivity index (χ4n) is 1.88. The highest BCUT2D eigenvalue weighted by Crippen LogP contribution is 2.14. The van der Waals surface area contributed by atoms with Gasteiger partial charge >= 0.3 is 5.97 Å². The summed E-state index contributed by atoms with van der Waals surface area (Å²) in [5, 5.41) is 0. The number of aryl methyl sites for hydroxylation is 2. The van der Waals surface area contributed by atoms with Gasteiger partial charge in [0, 0.05) is 20.5 Å². The summed E-state index contributed by atoms with van der Waals surface area (Å²) in [5.74, 6) is -0.0693. The Balaban J connectivity index is 2.68. The number of carbonyl (C=O) groups excluding carboxylic acids is 2. The summed E-state index contributed by atoms with van der Waals surface area (Å²) in [7, 11) is 1.63. The Morgan fingerprint density at radius 3 is 2.33 bits per heavy atom. The van der Waals surface area contributed by atoms with Crippen LogP contribution in [-0.2, 0) is 9.53 Å². The van der Waals surface area contributed by atoms with Gasteiger partial charge in [0.2, 0.25) is 0 Å². The predicted molar refractivity (Wildman–Crippen MR) is 77.9 cm³/mol. The van der Waals surface area contributed by atoms with Crippen LogP contribution in [0.15, 0.2) is 4.42 Å². The summed E-state index contributed by atoms with van der Waals surface area (Å²) in [6, 6.07) is 0. The summed E-state index contributed by atoms with van der Waals surface area (Å²) in [6.45, 7) is 10.8. The molecule has 1 aromatic rings. The van der Waals surface area contributed by atoms with Crippen LogP contribution in [-0.4, -0.2) is 41.0 Å². The number of ether oxygens (including phenoxy) is 1. The van der Waals surface area contributed by atoms with E-state index in [-0.39, 0.29) is 24.1 Å². The molecule has 0 fully saturated rings. The monoisotopic (exact) mass is 296 g/mol. The van der Waals surface area contributed by atoms with E-state index in [0.29, 0.717) is 11.7 Å². The smallest absolute Gasteiger partial charge is 0.310 e. The molecule has 6 nitrogen and oxygen atoms in total. The molecule has 0 aliphatic heterocycles. The Kier molecular flexibility index (Phi) is 5.15. The van der Waals surface area contributed by atoms with Crippen molar-refractivity contribution in [1.29, 1.82) is 0 Å². The maximum Gasteiger partial charge on any atom is 0.310 e. The first-order valence-electron chi connectivity index (χ1n) is 6.93. The summed E-state index contributed by atoms with van der Waals surface area (Å²) < 4.78 is 10.6. The number of oxazole rings is 1. The third-order valence-electron chi connectivity index (χ3n) is 2.81. The van der Waals surface area contributed by atoms with Crippen molar-refractivity contribution in [2.45, 2.75) is 47.1 Å². The molecule has 1 heterocycles. The highest BCUT2D eigenvalue weighted by molar-refractivity contribution is 5.93. The van der Waals surface area contributed by atoms with Crippen molar-refractivity contribution >= 4 is 11.9 Å². The van der Waals surface area contributed by atoms with E-state index >= 15 is 0 Å². The number of hydrogen-bond donors (Lipinski definition) is 0. The Morgan fingerprint density at radius 1 is 1.33 bits per heavy atom. The zero-order valence-corrected chi connectivity index (χ0v) is 13.8. The van der Waals surface area contributed by atoms with Gasteiger partial charge < -0.3 is 14.1 Å². The molecule has 6 heteroatoms. The van der Waals surface area contributed by atoms with Crippen LogP contribution in [0.4, 0.5) is 0 Å². The number of rotatable bonds is 4. The van der Waals surface area contributed by atoms with E-state index in [9.17, 15) is 9.59 Å². The van der Waals surface area contributed by atoms with Crippen LogP contribution in [0, 0.1) is 19.8 Å². The third-order valence-corrected chi connectivity index (χ3v) is 2.81. The van der Waals surface area contributed by atoms with E-state index < -0.39 is 11.5 Å². The highest BCUT2D eigenvalue weighted by Gasteiger charge is 2.26. The van der Waals surface area contributed by atoms with E-state index in [1.807, 2.05) is 20.8 Å². The quantitative estimate of drug-likeness (QED) is 0.797. The maximum absolute atomic E-state index is 12.3. The molecule has 1 aromatic heterocycles. The summed E-state index contributed by atoms with van der Waals surface area (Å²) >= 11 is 0. The summed E-state index contributed by atoms with van der Waals surface area (Å²) in [5.41, 5.74) is -0.250. The van der Waals surface area contributed by atoms with E-state index in [1.54, 1.807) is 27.8 Å². The third kappa shape index (κ3) is 4.88. The van der Waals surface area contributed by atoms with E-state index in [0.717, 1.165) is 0 Å². The normalized spacial score (nSPS) is 12.9. The second-order valence-electron chi connectivity index (χ2n) is 6.26. The van der Waals surface area contributed by atoms with Crippen LogP contribution >= 0.6 is 0 Å². The van der Waals surface area contributed by atoms with Gasteiger partial charge in [-0.2, -0.15) is 0 Å². The van der Waals surface area contributed by atoms with Crippen molar-refractivity contribution < 1.29 is 18.7 Å². The first-order valence-corrected chi connectivity index (χ1v) is 6.93. The van der Waals surface area contributed by atoms with Gasteiger partial charge in [0.15, 0.2) is 11.6 Å². The summed E-state index contributed by atoms with van der Waals surface area (Å²) in [4.78, 5) is 29.7. The highest BCUT2D eigenvalue weighted by atomic mass is 16.6. The molecular formula is C15H24N2O4. The molecule has 0 aliphatic carbocycles. The topological polar surface area (TPSA) is 72.6 Å². The van der Waals surface area contributed by atoms with Crippen molar-refractivity contribution in [3.63, 3.8) is 0 Å². The Labute approximate surface area is 125 Å². The lowest BCUT2D eigenvalue weighted by molar-refractivity contribution is -0.159. The van der Waals surface area contributed by atoms with E-state index in [1.165, 1.54) is 4.90 Å². The molecule has 0 aliphatic rings. The molecule has 21 heavy (non-hydrogen) atoms. The van der Waals surface area contributed by atoms with E-state index in [4.69, 9.17) is 9.15 Å². The zero-order chi connectivity index (χ0) is 16.4. The predicted octanol–water partition coefficient (Wildman–Crippen LogP) is 2.34. The molecule has 0 radical (unpaired) electrons. The molecule has 0 bridgehead atoms. The lowest BCUT2D eigenvalue weighted by Crippen LogP contribution is -2.37. The van der Waals surface area contributed by atoms with Gasteiger partial charge in [-0.05, 0) is 27.7 Å². The van der Waals surface area contributed by atoms with Gasteiger partial charge in [0.05, 0.1) is 5.92 Å². The number of hydrogen-bond acceptors (Lipinski definition) is 5. The van der Waals surface area contributed by atoms with Crippen molar-refractivity contribution in [2.75, 3.05) is 13.6 Å². The van der Waals surface area contributed by atoms with Crippen LogP contribution in [0.2, 0.25) is 0 Å². The second-order valence-corrected chi connectivity index (χ2v) is 6.26. The Bertz CT molecular complexity index is 528. The van der Waals surface area contributed by atoms with Gasteiger partial charge in [-0.1, -0.05) is 6.92 Å². The average Bonchev–Trinajstić information content (AvgIpc) is 2.65. The number of nitrogens with zero attached hydrogens (tertiary/aromatic N) is 2. The molecule has 118 valence electrons. The molecule has 0 saturated carbocycles. The molecule has 1 amide bonds. The molecule has 0 N–H and O–H groups in total. The fourth-order valence-corrected chi connectivity index (χ4v) is 1.88. The van der Waals surface area contributed by atoms with Crippen LogP contribution in [0.3, 0.4) is 0 Å². The second kappa shape index (κ2) is 6.28. The number of amides is 1. The molecule has 0 unspecified atom stereocenters. The fraction of sp³-hybridized carbons (Fsp3) is 0.667. The standard InChI is InChI=1S/C15H24N2O4/c1-9(14(19)21-15(4,5)6)8-17(7)13(18)12-10(2)20-11(3)16-12/h9H,8H2,1-7H3/t9-/m1/s1. The van der Waals surface area contributed by atoms with Gasteiger partial charge in [-0.15, -0.1) is 0 Å². The molecule has 1 rings (SSSR count). The first kappa shape index (κ1) is 17.2. The molecule has 0 saturated heterocycles. The van der Waals surface area contributed by atoms with Crippen LogP contribution in [0.5, 0.6) is 0 Å². The number of carbonyl (C=O) groups is 2. The minimum Gasteiger partial charge on any atom is -0.460 e. The first-order chi connectivity index (χ1) is 9.51. The van der Waals surface area contributed by atoms with Crippen molar-refractivity contribution in [3.05, 3.63) is 17.3 Å². The lowest BCUT2D eigenvalue weighted by atomic mass is 10.1. The SMILES string of the molecule is Cc1nc(C(=O)N(C)C[C@@H](C)C(=O)OC(C)(C)C)c(C)o1. The maximum atomic E-state index is 12.3. The van der Waals surface area contributed by atoms with E-state index in [2.05, 4.69) is 4.98 Å². The van der Waals surface area contributed by atoms with Gasteiger partial charge in [-0.3, -0.25) is 9.59 Å². The van der Waals surface area contributed by atoms with Gasteiger partial charge in [0.25, 0.3) is 5.91 Å². The zero-order valence-electron chi connectivity index (χ0n) is 13.8. The molecule has 0 spiro atoms. The Hall–Kier alpha value is -1.85. The minimum absolute atomic E-state index is 0.263. The Morgan fingerprint density at radius 2 is 1.90 bits per heavy atom. The molecule has 0 aromatic carbocycles. The largest absolute Gasteiger partial charge is 0.460 e.